The van der Waals surface area contributed by atoms with Crippen LogP contribution in [0.2, 0.25) is 0 Å². The molecule has 0 spiro atoms. The summed E-state index contributed by atoms with van der Waals surface area (Å²) in [6.45, 7) is 4.18. The van der Waals surface area contributed by atoms with Crippen LogP contribution in [0.5, 0.6) is 0 Å². The molecule has 2 atom stereocenters. The molecule has 1 aromatic carbocycles. The van der Waals surface area contributed by atoms with E-state index < -0.39 is 23.3 Å². The number of H-pyrrole nitrogens is 1. The number of hydrogen-bond acceptors (Lipinski definition) is 6. The van der Waals surface area contributed by atoms with E-state index in [1.807, 2.05) is 0 Å². The highest BCUT2D eigenvalue weighted by Crippen LogP contribution is 2.34. The molecule has 5 N–H and O–H groups in total. The number of hydrogen-bond donors (Lipinski definition) is 4. The molecule has 0 bridgehead atoms. The molecule has 0 aliphatic carbocycles. The lowest BCUT2D eigenvalue weighted by molar-refractivity contribution is -0.159. The average Bonchev–Trinajstić information content (AvgIpc) is 2.78. The molecule has 1 aromatic heterocycles. The van der Waals surface area contributed by atoms with Gasteiger partial charge in [-0.05, 0) is 36.6 Å². The zero-order chi connectivity index (χ0) is 25.6. The van der Waals surface area contributed by atoms with Crippen LogP contribution in [0.1, 0.15) is 50.3 Å². The van der Waals surface area contributed by atoms with Crippen LogP contribution in [0.25, 0.3) is 0 Å². The van der Waals surface area contributed by atoms with Crippen LogP contribution in [0.15, 0.2) is 46.3 Å². The molecular formula is C24H29F3N6O2. The summed E-state index contributed by atoms with van der Waals surface area (Å²) in [5.74, 6) is -0.112. The van der Waals surface area contributed by atoms with Gasteiger partial charge in [0.05, 0.1) is 36.0 Å². The molecule has 2 aromatic rings. The predicted octanol–water partition coefficient (Wildman–Crippen LogP) is 3.89. The standard InChI is InChI=1S/C24H29F3N6O2/c1-15(2)31-20(24(25,26)27)16-4-6-17(7-5-16)32-21(29)19-18(8-12-30-22(19)34)33-23(10-11-28)9-3-13-35-14-23/h4-8,12,15,20,31H,3,9-10,13-14H2,1-2H3,(H2,29,32)(H2,30,33,34)/t20?,23-/m0/s1. The Labute approximate surface area is 201 Å². The van der Waals surface area contributed by atoms with E-state index in [2.05, 4.69) is 26.7 Å². The third kappa shape index (κ3) is 6.61. The van der Waals surface area contributed by atoms with Crippen LogP contribution in [0.4, 0.5) is 24.5 Å². The Morgan fingerprint density at radius 3 is 2.60 bits per heavy atom. The van der Waals surface area contributed by atoms with E-state index in [1.54, 1.807) is 19.9 Å². The van der Waals surface area contributed by atoms with Crippen LogP contribution in [0, 0.1) is 11.3 Å². The number of nitrogens with one attached hydrogen (secondary N) is 3. The highest BCUT2D eigenvalue weighted by molar-refractivity contribution is 6.03. The Morgan fingerprint density at radius 2 is 2.03 bits per heavy atom. The van der Waals surface area contributed by atoms with Gasteiger partial charge in [0.2, 0.25) is 0 Å². The van der Waals surface area contributed by atoms with E-state index in [-0.39, 0.29) is 29.4 Å². The number of aliphatic imine (C=N–C) groups is 1. The number of rotatable bonds is 8. The molecule has 0 amide bonds. The summed E-state index contributed by atoms with van der Waals surface area (Å²) < 4.78 is 46.0. The molecule has 8 nitrogen and oxygen atoms in total. The number of pyridine rings is 1. The molecular weight excluding hydrogens is 461 g/mol. The second-order valence-electron chi connectivity index (χ2n) is 8.88. The monoisotopic (exact) mass is 490 g/mol. The highest BCUT2D eigenvalue weighted by Gasteiger charge is 2.41. The average molecular weight is 491 g/mol. The molecule has 1 unspecified atom stereocenters. The van der Waals surface area contributed by atoms with Gasteiger partial charge in [0.1, 0.15) is 17.4 Å². The zero-order valence-electron chi connectivity index (χ0n) is 19.6. The van der Waals surface area contributed by atoms with Crippen molar-refractivity contribution in [2.75, 3.05) is 18.5 Å². The largest absolute Gasteiger partial charge is 0.407 e. The van der Waals surface area contributed by atoms with E-state index in [4.69, 9.17) is 10.5 Å². The van der Waals surface area contributed by atoms with Crippen molar-refractivity contribution in [3.8, 4) is 6.07 Å². The van der Waals surface area contributed by atoms with Crippen molar-refractivity contribution >= 4 is 17.2 Å². The van der Waals surface area contributed by atoms with Crippen molar-refractivity contribution in [2.45, 2.75) is 56.9 Å². The highest BCUT2D eigenvalue weighted by atomic mass is 19.4. The summed E-state index contributed by atoms with van der Waals surface area (Å²) >= 11 is 0. The summed E-state index contributed by atoms with van der Waals surface area (Å²) in [4.78, 5) is 19.5. The Morgan fingerprint density at radius 1 is 1.31 bits per heavy atom. The summed E-state index contributed by atoms with van der Waals surface area (Å²) in [5, 5.41) is 15.1. The number of benzene rings is 1. The molecule has 1 saturated heterocycles. The first-order valence-corrected chi connectivity index (χ1v) is 11.3. The molecule has 188 valence electrons. The van der Waals surface area contributed by atoms with Gasteiger partial charge in [0.15, 0.2) is 0 Å². The molecule has 0 radical (unpaired) electrons. The Kier molecular flexibility index (Phi) is 8.19. The number of aromatic amines is 1. The molecule has 11 heteroatoms. The SMILES string of the molecule is CC(C)NC(c1ccc(N=C(N)c2c(N[C@]3(CC#N)CCCOC3)cc[nH]c2=O)cc1)C(F)(F)F. The lowest BCUT2D eigenvalue weighted by Gasteiger charge is -2.37. The van der Waals surface area contributed by atoms with Crippen molar-refractivity contribution in [1.29, 1.82) is 5.26 Å². The van der Waals surface area contributed by atoms with Crippen LogP contribution < -0.4 is 21.9 Å². The third-order valence-corrected chi connectivity index (χ3v) is 5.66. The third-order valence-electron chi connectivity index (χ3n) is 5.66. The fourth-order valence-electron chi connectivity index (χ4n) is 4.06. The topological polar surface area (TPSA) is 128 Å². The minimum Gasteiger partial charge on any atom is -0.383 e. The van der Waals surface area contributed by atoms with Crippen LogP contribution in [-0.2, 0) is 4.74 Å². The van der Waals surface area contributed by atoms with Gasteiger partial charge in [-0.25, -0.2) is 4.99 Å². The number of halogens is 3. The van der Waals surface area contributed by atoms with Crippen molar-refractivity contribution in [1.82, 2.24) is 10.3 Å². The number of nitrogens with zero attached hydrogens (tertiary/aromatic N) is 2. The van der Waals surface area contributed by atoms with Gasteiger partial charge in [-0.3, -0.25) is 4.79 Å². The Balaban J connectivity index is 1.91. The molecule has 2 heterocycles. The fraction of sp³-hybridized carbons (Fsp3) is 0.458. The first-order valence-electron chi connectivity index (χ1n) is 11.3. The lowest BCUT2D eigenvalue weighted by atomic mass is 9.88. The first kappa shape index (κ1) is 26.2. The smallest absolute Gasteiger partial charge is 0.383 e. The maximum atomic E-state index is 13.5. The molecule has 35 heavy (non-hydrogen) atoms. The maximum absolute atomic E-state index is 13.5. The first-order chi connectivity index (χ1) is 16.5. The van der Waals surface area contributed by atoms with Crippen LogP contribution in [0.3, 0.4) is 0 Å². The van der Waals surface area contributed by atoms with E-state index in [9.17, 15) is 23.2 Å². The maximum Gasteiger partial charge on any atom is 0.407 e. The van der Waals surface area contributed by atoms with Gasteiger partial charge < -0.3 is 26.1 Å². The van der Waals surface area contributed by atoms with Gasteiger partial charge in [0.25, 0.3) is 5.56 Å². The minimum absolute atomic E-state index is 0.0411. The van der Waals surface area contributed by atoms with E-state index in [0.717, 1.165) is 6.42 Å². The number of anilines is 1. The van der Waals surface area contributed by atoms with Crippen molar-refractivity contribution < 1.29 is 17.9 Å². The molecule has 1 aliphatic heterocycles. The lowest BCUT2D eigenvalue weighted by Crippen LogP contribution is -2.46. The van der Waals surface area contributed by atoms with E-state index in [0.29, 0.717) is 31.0 Å². The number of nitriles is 1. The van der Waals surface area contributed by atoms with E-state index >= 15 is 0 Å². The van der Waals surface area contributed by atoms with Gasteiger partial charge >= 0.3 is 6.18 Å². The molecule has 3 rings (SSSR count). The molecule has 1 aliphatic rings. The number of nitrogens with two attached hydrogens (primary N) is 1. The number of ether oxygens (including phenoxy) is 1. The summed E-state index contributed by atoms with van der Waals surface area (Å²) in [6.07, 6.45) is -1.40. The quantitative estimate of drug-likeness (QED) is 0.328. The van der Waals surface area contributed by atoms with Gasteiger partial charge in [-0.2, -0.15) is 18.4 Å². The number of alkyl halides is 3. The summed E-state index contributed by atoms with van der Waals surface area (Å²) in [5.41, 5.74) is 5.82. The summed E-state index contributed by atoms with van der Waals surface area (Å²) in [7, 11) is 0. The van der Waals surface area contributed by atoms with Gasteiger partial charge in [-0.15, -0.1) is 0 Å². The minimum atomic E-state index is -4.46. The van der Waals surface area contributed by atoms with Gasteiger partial charge in [0, 0.05) is 18.8 Å². The number of aromatic nitrogens is 1. The second-order valence-corrected chi connectivity index (χ2v) is 8.88. The van der Waals surface area contributed by atoms with Crippen molar-refractivity contribution in [3.05, 3.63) is 58.0 Å². The summed E-state index contributed by atoms with van der Waals surface area (Å²) in [6, 6.07) is 7.09. The zero-order valence-corrected chi connectivity index (χ0v) is 19.6. The number of amidine groups is 1. The normalized spacial score (nSPS) is 19.9. The molecule has 0 saturated carbocycles. The fourth-order valence-corrected chi connectivity index (χ4v) is 4.06. The van der Waals surface area contributed by atoms with E-state index in [1.165, 1.54) is 30.5 Å². The Hall–Kier alpha value is -3.36. The molecule has 1 fully saturated rings. The van der Waals surface area contributed by atoms with Crippen molar-refractivity contribution in [2.24, 2.45) is 10.7 Å². The Bertz CT molecular complexity index is 1130. The van der Waals surface area contributed by atoms with Crippen LogP contribution >= 0.6 is 0 Å². The van der Waals surface area contributed by atoms with Gasteiger partial charge in [-0.1, -0.05) is 26.0 Å². The van der Waals surface area contributed by atoms with Crippen LogP contribution in [-0.4, -0.2) is 41.8 Å². The predicted molar refractivity (Wildman–Crippen MR) is 128 cm³/mol. The second kappa shape index (κ2) is 10.9. The van der Waals surface area contributed by atoms with Crippen molar-refractivity contribution in [3.63, 3.8) is 0 Å².